The third-order valence-electron chi connectivity index (χ3n) is 2.81. The Balaban J connectivity index is 1.97. The Morgan fingerprint density at radius 1 is 1.05 bits per heavy atom. The Bertz CT molecular complexity index is 808. The minimum Gasteiger partial charge on any atom is -0.453 e. The van der Waals surface area contributed by atoms with Crippen molar-refractivity contribution in [2.45, 2.75) is 5.33 Å². The summed E-state index contributed by atoms with van der Waals surface area (Å²) < 4.78 is 37.6. The van der Waals surface area contributed by atoms with Crippen LogP contribution >= 0.6 is 15.9 Å². The second-order valence-corrected chi connectivity index (χ2v) is 4.87. The molecule has 4 nitrogen and oxygen atoms in total. The first-order valence-corrected chi connectivity index (χ1v) is 7.40. The monoisotopic (exact) mass is 366 g/mol. The maximum Gasteiger partial charge on any atom is 0.251 e. The molecular weight excluding hydrogens is 358 g/mol. The number of hydrogen-bond donors (Lipinski definition) is 0. The second kappa shape index (κ2) is 6.23. The zero-order chi connectivity index (χ0) is 15.5. The number of halogens is 3. The quantitative estimate of drug-likeness (QED) is 0.627. The normalized spacial score (nSPS) is 10.7. The van der Waals surface area contributed by atoms with Crippen LogP contribution in [-0.4, -0.2) is 10.2 Å². The molecule has 2 aromatic carbocycles. The molecule has 0 aliphatic carbocycles. The number of alkyl halides is 1. The molecule has 3 aromatic rings. The Morgan fingerprint density at radius 3 is 2.59 bits per heavy atom. The lowest BCUT2D eigenvalue weighted by atomic mass is 10.2. The second-order valence-electron chi connectivity index (χ2n) is 4.31. The number of hydrogen-bond acceptors (Lipinski definition) is 4. The molecular formula is C15H9BrF2N2O2. The van der Waals surface area contributed by atoms with Crippen molar-refractivity contribution in [3.8, 4) is 23.0 Å². The summed E-state index contributed by atoms with van der Waals surface area (Å²) in [6, 6.07) is 9.94. The molecule has 0 spiro atoms. The number of rotatable bonds is 4. The van der Waals surface area contributed by atoms with E-state index in [1.807, 2.05) is 0 Å². The highest BCUT2D eigenvalue weighted by Crippen LogP contribution is 2.33. The van der Waals surface area contributed by atoms with Gasteiger partial charge in [0.25, 0.3) is 5.89 Å². The highest BCUT2D eigenvalue weighted by Gasteiger charge is 2.15. The zero-order valence-corrected chi connectivity index (χ0v) is 12.7. The van der Waals surface area contributed by atoms with E-state index in [4.69, 9.17) is 9.15 Å². The van der Waals surface area contributed by atoms with E-state index in [-0.39, 0.29) is 11.6 Å². The maximum absolute atomic E-state index is 13.7. The van der Waals surface area contributed by atoms with Gasteiger partial charge in [-0.25, -0.2) is 8.78 Å². The predicted molar refractivity (Wildman–Crippen MR) is 78.8 cm³/mol. The summed E-state index contributed by atoms with van der Waals surface area (Å²) in [6.07, 6.45) is 0. The molecule has 0 amide bonds. The molecule has 0 aliphatic rings. The third-order valence-corrected chi connectivity index (χ3v) is 3.29. The van der Waals surface area contributed by atoms with E-state index >= 15 is 0 Å². The van der Waals surface area contributed by atoms with Gasteiger partial charge in [-0.15, -0.1) is 10.2 Å². The van der Waals surface area contributed by atoms with Gasteiger partial charge in [-0.1, -0.05) is 28.1 Å². The van der Waals surface area contributed by atoms with E-state index in [1.54, 1.807) is 24.3 Å². The molecule has 112 valence electrons. The maximum atomic E-state index is 13.7. The lowest BCUT2D eigenvalue weighted by molar-refractivity contribution is 0.436. The van der Waals surface area contributed by atoms with Crippen LogP contribution < -0.4 is 4.74 Å². The first kappa shape index (κ1) is 14.6. The molecule has 0 aliphatic heterocycles. The Hall–Kier alpha value is -2.28. The summed E-state index contributed by atoms with van der Waals surface area (Å²) in [7, 11) is 0. The standard InChI is InChI=1S/C15H9BrF2N2O2/c16-8-14-19-20-15(22-14)10-3-1-2-4-12(10)21-13-6-5-9(17)7-11(13)18/h1-7H,8H2. The summed E-state index contributed by atoms with van der Waals surface area (Å²) in [5, 5.41) is 8.19. The topological polar surface area (TPSA) is 48.2 Å². The van der Waals surface area contributed by atoms with E-state index in [0.29, 0.717) is 22.5 Å². The summed E-state index contributed by atoms with van der Waals surface area (Å²) in [5.41, 5.74) is 0.519. The molecule has 0 saturated carbocycles. The first-order chi connectivity index (χ1) is 10.7. The molecule has 3 rings (SSSR count). The highest BCUT2D eigenvalue weighted by molar-refractivity contribution is 9.08. The minimum atomic E-state index is -0.790. The number of nitrogens with zero attached hydrogens (tertiary/aromatic N) is 2. The number of benzene rings is 2. The van der Waals surface area contributed by atoms with Crippen LogP contribution in [0.4, 0.5) is 8.78 Å². The van der Waals surface area contributed by atoms with Crippen LogP contribution in [0.1, 0.15) is 5.89 Å². The van der Waals surface area contributed by atoms with E-state index in [0.717, 1.165) is 12.1 Å². The van der Waals surface area contributed by atoms with Gasteiger partial charge in [-0.3, -0.25) is 0 Å². The fourth-order valence-electron chi connectivity index (χ4n) is 1.83. The molecule has 0 radical (unpaired) electrons. The zero-order valence-electron chi connectivity index (χ0n) is 11.1. The number of aromatic nitrogens is 2. The van der Waals surface area contributed by atoms with Crippen molar-refractivity contribution < 1.29 is 17.9 Å². The van der Waals surface area contributed by atoms with Gasteiger partial charge in [-0.2, -0.15) is 0 Å². The Labute approximate surface area is 132 Å². The summed E-state index contributed by atoms with van der Waals surface area (Å²) >= 11 is 3.22. The van der Waals surface area contributed by atoms with Crippen molar-refractivity contribution in [2.75, 3.05) is 0 Å². The average Bonchev–Trinajstić information content (AvgIpc) is 2.99. The van der Waals surface area contributed by atoms with Gasteiger partial charge in [-0.05, 0) is 24.3 Å². The molecule has 0 bridgehead atoms. The third kappa shape index (κ3) is 2.99. The largest absolute Gasteiger partial charge is 0.453 e. The Morgan fingerprint density at radius 2 is 1.86 bits per heavy atom. The van der Waals surface area contributed by atoms with Crippen LogP contribution in [0.15, 0.2) is 46.9 Å². The molecule has 1 heterocycles. The van der Waals surface area contributed by atoms with Crippen LogP contribution in [-0.2, 0) is 5.33 Å². The van der Waals surface area contributed by atoms with Crippen molar-refractivity contribution >= 4 is 15.9 Å². The van der Waals surface area contributed by atoms with Gasteiger partial charge in [0.1, 0.15) is 11.6 Å². The fraction of sp³-hybridized carbons (Fsp3) is 0.0667. The molecule has 0 unspecified atom stereocenters. The van der Waals surface area contributed by atoms with Crippen LogP contribution in [0, 0.1) is 11.6 Å². The van der Waals surface area contributed by atoms with E-state index in [9.17, 15) is 8.78 Å². The summed E-state index contributed by atoms with van der Waals surface area (Å²) in [4.78, 5) is 0. The van der Waals surface area contributed by atoms with Crippen molar-refractivity contribution in [3.05, 3.63) is 60.0 Å². The smallest absolute Gasteiger partial charge is 0.251 e. The molecule has 0 saturated heterocycles. The van der Waals surface area contributed by atoms with E-state index in [1.165, 1.54) is 6.07 Å². The number of ether oxygens (including phenoxy) is 1. The van der Waals surface area contributed by atoms with Crippen molar-refractivity contribution in [2.24, 2.45) is 0 Å². The minimum absolute atomic E-state index is 0.0888. The Kier molecular flexibility index (Phi) is 4.15. The van der Waals surface area contributed by atoms with Crippen molar-refractivity contribution in [1.29, 1.82) is 0 Å². The van der Waals surface area contributed by atoms with Gasteiger partial charge in [0.05, 0.1) is 10.9 Å². The van der Waals surface area contributed by atoms with Crippen LogP contribution in [0.3, 0.4) is 0 Å². The molecule has 0 N–H and O–H groups in total. The first-order valence-electron chi connectivity index (χ1n) is 6.28. The average molecular weight is 367 g/mol. The SMILES string of the molecule is Fc1ccc(Oc2ccccc2-c2nnc(CBr)o2)c(F)c1. The summed E-state index contributed by atoms with van der Waals surface area (Å²) in [6.45, 7) is 0. The summed E-state index contributed by atoms with van der Waals surface area (Å²) in [5.74, 6) is -0.546. The lowest BCUT2D eigenvalue weighted by Crippen LogP contribution is -1.92. The van der Waals surface area contributed by atoms with Crippen molar-refractivity contribution in [3.63, 3.8) is 0 Å². The van der Waals surface area contributed by atoms with Gasteiger partial charge >= 0.3 is 0 Å². The van der Waals surface area contributed by atoms with Gasteiger partial charge in [0, 0.05) is 6.07 Å². The van der Waals surface area contributed by atoms with Gasteiger partial charge in [0.15, 0.2) is 11.6 Å². The molecule has 0 fully saturated rings. The van der Waals surface area contributed by atoms with Gasteiger partial charge < -0.3 is 9.15 Å². The van der Waals surface area contributed by atoms with Crippen LogP contribution in [0.2, 0.25) is 0 Å². The molecule has 7 heteroatoms. The fourth-order valence-corrected chi connectivity index (χ4v) is 2.05. The molecule has 1 aromatic heterocycles. The predicted octanol–water partition coefficient (Wildman–Crippen LogP) is 4.70. The molecule has 0 atom stereocenters. The van der Waals surface area contributed by atoms with Crippen molar-refractivity contribution in [1.82, 2.24) is 10.2 Å². The van der Waals surface area contributed by atoms with Crippen LogP contribution in [0.25, 0.3) is 11.5 Å². The van der Waals surface area contributed by atoms with E-state index in [2.05, 4.69) is 26.1 Å². The van der Waals surface area contributed by atoms with Crippen LogP contribution in [0.5, 0.6) is 11.5 Å². The lowest BCUT2D eigenvalue weighted by Gasteiger charge is -2.09. The molecule has 22 heavy (non-hydrogen) atoms. The van der Waals surface area contributed by atoms with Gasteiger partial charge in [0.2, 0.25) is 5.89 Å². The highest BCUT2D eigenvalue weighted by atomic mass is 79.9. The number of para-hydroxylation sites is 1. The van der Waals surface area contributed by atoms with E-state index < -0.39 is 11.6 Å².